The van der Waals surface area contributed by atoms with Crippen LogP contribution in [0.3, 0.4) is 0 Å². The fraction of sp³-hybridized carbons (Fsp3) is 0.167. The zero-order valence-electron chi connectivity index (χ0n) is 17.5. The van der Waals surface area contributed by atoms with Gasteiger partial charge in [0.05, 0.1) is 0 Å². The van der Waals surface area contributed by atoms with Crippen molar-refractivity contribution in [1.82, 2.24) is 0 Å². The molecule has 0 unspecified atom stereocenters. The van der Waals surface area contributed by atoms with Gasteiger partial charge in [-0.25, -0.2) is 9.59 Å². The molecule has 0 fully saturated rings. The van der Waals surface area contributed by atoms with Crippen molar-refractivity contribution in [3.8, 4) is 11.5 Å². The molecule has 0 radical (unpaired) electrons. The number of para-hydroxylation sites is 2. The Morgan fingerprint density at radius 2 is 0.969 bits per heavy atom. The zero-order chi connectivity index (χ0) is 23.1. The number of ketones is 2. The lowest BCUT2D eigenvalue weighted by atomic mass is 9.86. The minimum absolute atomic E-state index is 0.0874. The van der Waals surface area contributed by atoms with E-state index in [9.17, 15) is 19.2 Å². The molecule has 8 heteroatoms. The topological polar surface area (TPSA) is 105 Å². The Balaban J connectivity index is 1.70. The van der Waals surface area contributed by atoms with E-state index in [2.05, 4.69) is 0 Å². The molecule has 0 N–H and O–H groups in total. The summed E-state index contributed by atoms with van der Waals surface area (Å²) >= 11 is 0. The maximum absolute atomic E-state index is 12.7. The van der Waals surface area contributed by atoms with E-state index in [0.717, 1.165) is 0 Å². The van der Waals surface area contributed by atoms with Gasteiger partial charge >= 0.3 is 12.3 Å². The highest BCUT2D eigenvalue weighted by molar-refractivity contribution is 6.25. The normalized spacial score (nSPS) is 13.7. The van der Waals surface area contributed by atoms with Gasteiger partial charge in [-0.2, -0.15) is 0 Å². The van der Waals surface area contributed by atoms with Gasteiger partial charge in [-0.3, -0.25) is 9.59 Å². The summed E-state index contributed by atoms with van der Waals surface area (Å²) in [5.41, 5.74) is 0.271. The van der Waals surface area contributed by atoms with Gasteiger partial charge in [0.15, 0.2) is 11.6 Å². The van der Waals surface area contributed by atoms with Crippen LogP contribution in [0.1, 0.15) is 13.8 Å². The summed E-state index contributed by atoms with van der Waals surface area (Å²) < 4.78 is 20.1. The van der Waals surface area contributed by atoms with Crippen LogP contribution in [-0.2, 0) is 19.1 Å². The van der Waals surface area contributed by atoms with Crippen LogP contribution in [0.2, 0.25) is 0 Å². The van der Waals surface area contributed by atoms with E-state index in [1.807, 2.05) is 0 Å². The van der Waals surface area contributed by atoms with Crippen molar-refractivity contribution < 1.29 is 38.1 Å². The second-order valence-electron chi connectivity index (χ2n) is 6.77. The maximum atomic E-state index is 12.7. The van der Waals surface area contributed by atoms with Crippen LogP contribution in [0.4, 0.5) is 9.59 Å². The first-order chi connectivity index (χ1) is 15.4. The number of hydrogen-bond donors (Lipinski definition) is 0. The van der Waals surface area contributed by atoms with Gasteiger partial charge in [0.2, 0.25) is 0 Å². The van der Waals surface area contributed by atoms with Crippen LogP contribution in [-0.4, -0.2) is 37.1 Å². The number of carbonyl (C=O) groups is 4. The van der Waals surface area contributed by atoms with Crippen molar-refractivity contribution >= 4 is 23.9 Å². The molecule has 0 spiro atoms. The van der Waals surface area contributed by atoms with Crippen LogP contribution in [0.15, 0.2) is 83.0 Å². The molecule has 0 atom stereocenters. The van der Waals surface area contributed by atoms with Gasteiger partial charge in [-0.15, -0.1) is 0 Å². The van der Waals surface area contributed by atoms with E-state index in [1.165, 1.54) is 13.8 Å². The van der Waals surface area contributed by atoms with E-state index in [0.29, 0.717) is 0 Å². The highest BCUT2D eigenvalue weighted by atomic mass is 16.7. The smallest absolute Gasteiger partial charge is 0.429 e. The first kappa shape index (κ1) is 22.5. The number of hydrogen-bond acceptors (Lipinski definition) is 8. The van der Waals surface area contributed by atoms with Crippen molar-refractivity contribution in [2.75, 3.05) is 13.2 Å². The zero-order valence-corrected chi connectivity index (χ0v) is 17.5. The van der Waals surface area contributed by atoms with Crippen molar-refractivity contribution in [3.63, 3.8) is 0 Å². The van der Waals surface area contributed by atoms with Crippen LogP contribution < -0.4 is 9.47 Å². The number of benzene rings is 2. The van der Waals surface area contributed by atoms with Gasteiger partial charge in [-0.1, -0.05) is 36.4 Å². The number of carbonyl (C=O) groups excluding carboxylic acids is 4. The number of ether oxygens (including phenoxy) is 4. The average molecular weight is 436 g/mol. The molecule has 3 rings (SSSR count). The summed E-state index contributed by atoms with van der Waals surface area (Å²) in [7, 11) is 0. The number of Topliss-reactive ketones (excluding diaryl/α,β-unsaturated/α-hetero) is 2. The molecule has 0 saturated carbocycles. The Morgan fingerprint density at radius 3 is 1.31 bits per heavy atom. The first-order valence-corrected chi connectivity index (χ1v) is 9.65. The number of rotatable bonds is 6. The van der Waals surface area contributed by atoms with Crippen LogP contribution in [0.25, 0.3) is 0 Å². The first-order valence-electron chi connectivity index (χ1n) is 9.65. The predicted octanol–water partition coefficient (Wildman–Crippen LogP) is 4.20. The molecular formula is C24H20O8. The van der Waals surface area contributed by atoms with Gasteiger partial charge in [0.25, 0.3) is 0 Å². The largest absolute Gasteiger partial charge is 0.514 e. The van der Waals surface area contributed by atoms with Crippen LogP contribution in [0.5, 0.6) is 11.5 Å². The molecular weight excluding hydrogens is 416 g/mol. The Bertz CT molecular complexity index is 1010. The quantitative estimate of drug-likeness (QED) is 0.377. The SMILES string of the molecule is CC1=C(C)C(=O)C(COC(=O)Oc2ccccc2)=C(COC(=O)Oc2ccccc2)C1=O. The Hall–Kier alpha value is -4.20. The van der Waals surface area contributed by atoms with Crippen LogP contribution >= 0.6 is 0 Å². The van der Waals surface area contributed by atoms with Crippen molar-refractivity contribution in [3.05, 3.63) is 83.0 Å². The van der Waals surface area contributed by atoms with Gasteiger partial charge in [0, 0.05) is 22.3 Å². The van der Waals surface area contributed by atoms with Crippen LogP contribution in [0, 0.1) is 0 Å². The third-order valence-corrected chi connectivity index (χ3v) is 4.71. The molecule has 0 heterocycles. The molecule has 0 aromatic heterocycles. The van der Waals surface area contributed by atoms with E-state index in [4.69, 9.17) is 18.9 Å². The standard InChI is InChI=1S/C24H20O8/c1-15-16(2)22(26)20(14-30-24(28)32-18-11-7-4-8-12-18)19(21(15)25)13-29-23(27)31-17-9-5-3-6-10-17/h3-12H,13-14H2,1-2H3. The molecule has 2 aromatic rings. The summed E-state index contributed by atoms with van der Waals surface area (Å²) in [6.07, 6.45) is -2.09. The second kappa shape index (κ2) is 10.2. The highest BCUT2D eigenvalue weighted by Crippen LogP contribution is 2.25. The Morgan fingerprint density at radius 1 is 0.625 bits per heavy atom. The number of allylic oxidation sites excluding steroid dienone is 2. The van der Waals surface area contributed by atoms with Crippen molar-refractivity contribution in [1.29, 1.82) is 0 Å². The lowest BCUT2D eigenvalue weighted by molar-refractivity contribution is -0.117. The van der Waals surface area contributed by atoms with Gasteiger partial charge < -0.3 is 18.9 Å². The summed E-state index contributed by atoms with van der Waals surface area (Å²) in [6.45, 7) is 1.96. The molecule has 8 nitrogen and oxygen atoms in total. The van der Waals surface area contributed by atoms with Crippen molar-refractivity contribution in [2.45, 2.75) is 13.8 Å². The Labute approximate surface area is 184 Å². The maximum Gasteiger partial charge on any atom is 0.514 e. The average Bonchev–Trinajstić information content (AvgIpc) is 2.79. The predicted molar refractivity (Wildman–Crippen MR) is 112 cm³/mol. The molecule has 1 aliphatic rings. The minimum Gasteiger partial charge on any atom is -0.429 e. The van der Waals surface area contributed by atoms with Crippen molar-refractivity contribution in [2.24, 2.45) is 0 Å². The Kier molecular flexibility index (Phi) is 7.17. The molecule has 32 heavy (non-hydrogen) atoms. The fourth-order valence-electron chi connectivity index (χ4n) is 2.86. The van der Waals surface area contributed by atoms with E-state index in [1.54, 1.807) is 60.7 Å². The molecule has 164 valence electrons. The summed E-state index contributed by atoms with van der Waals surface area (Å²) in [5, 5.41) is 0. The molecule has 1 aliphatic carbocycles. The third-order valence-electron chi connectivity index (χ3n) is 4.71. The lowest BCUT2D eigenvalue weighted by Gasteiger charge is -2.20. The van der Waals surface area contributed by atoms with E-state index in [-0.39, 0.29) is 33.8 Å². The van der Waals surface area contributed by atoms with E-state index >= 15 is 0 Å². The molecule has 0 saturated heterocycles. The van der Waals surface area contributed by atoms with Gasteiger partial charge in [-0.05, 0) is 38.1 Å². The molecule has 2 aromatic carbocycles. The lowest BCUT2D eigenvalue weighted by Crippen LogP contribution is -2.29. The van der Waals surface area contributed by atoms with E-state index < -0.39 is 37.1 Å². The van der Waals surface area contributed by atoms with Gasteiger partial charge in [0.1, 0.15) is 24.7 Å². The second-order valence-corrected chi connectivity index (χ2v) is 6.77. The third kappa shape index (κ3) is 5.48. The highest BCUT2D eigenvalue weighted by Gasteiger charge is 2.32. The molecule has 0 bridgehead atoms. The summed E-state index contributed by atoms with van der Waals surface area (Å²) in [4.78, 5) is 49.4. The summed E-state index contributed by atoms with van der Waals surface area (Å²) in [5.74, 6) is -0.442. The molecule has 0 aliphatic heterocycles. The summed E-state index contributed by atoms with van der Waals surface area (Å²) in [6, 6.07) is 16.4. The minimum atomic E-state index is -1.04. The monoisotopic (exact) mass is 436 g/mol. The molecule has 0 amide bonds. The fourth-order valence-corrected chi connectivity index (χ4v) is 2.86.